The van der Waals surface area contributed by atoms with Crippen LogP contribution in [0.2, 0.25) is 0 Å². The van der Waals surface area contributed by atoms with Crippen LogP contribution in [0.1, 0.15) is 18.4 Å². The van der Waals surface area contributed by atoms with Crippen LogP contribution in [0.5, 0.6) is 0 Å². The first kappa shape index (κ1) is 16.2. The topological polar surface area (TPSA) is 86.6 Å². The number of rotatable bonds is 6. The Morgan fingerprint density at radius 1 is 1.14 bits per heavy atom. The molecule has 5 heteroatoms. The fourth-order valence-electron chi connectivity index (χ4n) is 2.74. The molecule has 118 valence electrons. The number of aliphatic carboxylic acids is 1. The van der Waals surface area contributed by atoms with E-state index in [1.807, 2.05) is 36.4 Å². The molecule has 0 bridgehead atoms. The third-order valence-electron chi connectivity index (χ3n) is 3.98. The summed E-state index contributed by atoms with van der Waals surface area (Å²) in [5, 5.41) is 21.5. The Morgan fingerprint density at radius 3 is 2.36 bits per heavy atom. The van der Waals surface area contributed by atoms with Crippen molar-refractivity contribution in [2.45, 2.75) is 25.3 Å². The normalized spacial score (nSPS) is 22.0. The first-order valence-corrected chi connectivity index (χ1v) is 7.44. The molecule has 0 aromatic heterocycles. The molecule has 0 radical (unpaired) electrons. The van der Waals surface area contributed by atoms with E-state index in [4.69, 9.17) is 0 Å². The van der Waals surface area contributed by atoms with Gasteiger partial charge >= 0.3 is 5.97 Å². The van der Waals surface area contributed by atoms with Gasteiger partial charge in [0.1, 0.15) is 0 Å². The van der Waals surface area contributed by atoms with Crippen molar-refractivity contribution >= 4 is 11.9 Å². The summed E-state index contributed by atoms with van der Waals surface area (Å²) in [5.74, 6) is -2.52. The zero-order chi connectivity index (χ0) is 15.9. The zero-order valence-corrected chi connectivity index (χ0v) is 12.3. The van der Waals surface area contributed by atoms with Crippen molar-refractivity contribution in [2.24, 2.45) is 11.8 Å². The molecule has 1 aliphatic carbocycles. The Labute approximate surface area is 129 Å². The summed E-state index contributed by atoms with van der Waals surface area (Å²) < 4.78 is 0. The Hall–Kier alpha value is -2.14. The third-order valence-corrected chi connectivity index (χ3v) is 3.98. The highest BCUT2D eigenvalue weighted by molar-refractivity contribution is 5.85. The molecule has 22 heavy (non-hydrogen) atoms. The van der Waals surface area contributed by atoms with Gasteiger partial charge in [0.05, 0.1) is 24.5 Å². The maximum atomic E-state index is 12.4. The van der Waals surface area contributed by atoms with Gasteiger partial charge in [0.15, 0.2) is 0 Å². The highest BCUT2D eigenvalue weighted by Gasteiger charge is 2.34. The summed E-state index contributed by atoms with van der Waals surface area (Å²) in [6.45, 7) is -0.180. The van der Waals surface area contributed by atoms with Gasteiger partial charge in [-0.15, -0.1) is 0 Å². The highest BCUT2D eigenvalue weighted by Crippen LogP contribution is 2.26. The molecule has 2 unspecified atom stereocenters. The lowest BCUT2D eigenvalue weighted by Crippen LogP contribution is -2.45. The second-order valence-corrected chi connectivity index (χ2v) is 5.57. The predicted molar refractivity (Wildman–Crippen MR) is 82.2 cm³/mol. The molecule has 0 aliphatic heterocycles. The molecule has 1 aliphatic rings. The van der Waals surface area contributed by atoms with Gasteiger partial charge in [0.2, 0.25) is 5.91 Å². The highest BCUT2D eigenvalue weighted by atomic mass is 16.4. The van der Waals surface area contributed by atoms with E-state index in [9.17, 15) is 19.8 Å². The number of amides is 1. The van der Waals surface area contributed by atoms with Crippen LogP contribution in [-0.4, -0.2) is 34.7 Å². The number of aliphatic hydroxyl groups is 1. The largest absolute Gasteiger partial charge is 0.481 e. The fourth-order valence-corrected chi connectivity index (χ4v) is 2.74. The maximum Gasteiger partial charge on any atom is 0.307 e. The minimum absolute atomic E-state index is 0.180. The van der Waals surface area contributed by atoms with Gasteiger partial charge < -0.3 is 15.5 Å². The Balaban J connectivity index is 1.99. The molecule has 1 aromatic rings. The number of nitrogens with one attached hydrogen (secondary N) is 1. The molecule has 1 aromatic carbocycles. The number of allylic oxidation sites excluding steroid dienone is 2. The monoisotopic (exact) mass is 303 g/mol. The molecule has 5 nitrogen and oxygen atoms in total. The van der Waals surface area contributed by atoms with Gasteiger partial charge in [-0.05, 0) is 24.8 Å². The van der Waals surface area contributed by atoms with Crippen LogP contribution < -0.4 is 5.32 Å². The molecule has 3 atom stereocenters. The lowest BCUT2D eigenvalue weighted by molar-refractivity contribution is -0.147. The molecule has 0 heterocycles. The lowest BCUT2D eigenvalue weighted by atomic mass is 9.82. The Kier molecular flexibility index (Phi) is 5.72. The van der Waals surface area contributed by atoms with Gasteiger partial charge in [-0.25, -0.2) is 0 Å². The van der Waals surface area contributed by atoms with Gasteiger partial charge in [-0.1, -0.05) is 42.5 Å². The quantitative estimate of drug-likeness (QED) is 0.693. The van der Waals surface area contributed by atoms with Crippen molar-refractivity contribution in [1.82, 2.24) is 5.32 Å². The van der Waals surface area contributed by atoms with Gasteiger partial charge in [0, 0.05) is 0 Å². The minimum Gasteiger partial charge on any atom is -0.481 e. The van der Waals surface area contributed by atoms with Crippen LogP contribution in [0.4, 0.5) is 0 Å². The standard InChI is InChI=1S/C17H21NO4/c19-11-13(10-12-6-2-1-3-7-12)18-16(20)14-8-4-5-9-15(14)17(21)22/h1-7,13-15,19H,8-11H2,(H,18,20)(H,21,22)/t13-,14?,15?/m1/s1. The Morgan fingerprint density at radius 2 is 1.77 bits per heavy atom. The average Bonchev–Trinajstić information content (AvgIpc) is 2.55. The minimum atomic E-state index is -0.951. The number of carboxylic acid groups (broad SMARTS) is 1. The lowest BCUT2D eigenvalue weighted by Gasteiger charge is -2.26. The summed E-state index contributed by atoms with van der Waals surface area (Å²) >= 11 is 0. The number of hydrogen-bond donors (Lipinski definition) is 3. The first-order valence-electron chi connectivity index (χ1n) is 7.44. The molecule has 1 amide bonds. The van der Waals surface area contributed by atoms with E-state index in [1.54, 1.807) is 6.08 Å². The number of carbonyl (C=O) groups is 2. The average molecular weight is 303 g/mol. The molecule has 2 rings (SSSR count). The molecule has 0 fully saturated rings. The number of aliphatic hydroxyl groups excluding tert-OH is 1. The Bertz CT molecular complexity index is 541. The smallest absolute Gasteiger partial charge is 0.307 e. The summed E-state index contributed by atoms with van der Waals surface area (Å²) in [6, 6.07) is 9.16. The summed E-state index contributed by atoms with van der Waals surface area (Å²) in [5.41, 5.74) is 1.01. The van der Waals surface area contributed by atoms with E-state index in [0.717, 1.165) is 5.56 Å². The van der Waals surface area contributed by atoms with E-state index < -0.39 is 23.8 Å². The number of hydrogen-bond acceptors (Lipinski definition) is 3. The van der Waals surface area contributed by atoms with Crippen LogP contribution >= 0.6 is 0 Å². The molecular formula is C17H21NO4. The molecule has 0 spiro atoms. The van der Waals surface area contributed by atoms with Crippen molar-refractivity contribution in [2.75, 3.05) is 6.61 Å². The van der Waals surface area contributed by atoms with Crippen LogP contribution in [-0.2, 0) is 16.0 Å². The van der Waals surface area contributed by atoms with E-state index in [0.29, 0.717) is 19.3 Å². The van der Waals surface area contributed by atoms with Crippen molar-refractivity contribution < 1.29 is 19.8 Å². The van der Waals surface area contributed by atoms with Crippen molar-refractivity contribution in [3.8, 4) is 0 Å². The van der Waals surface area contributed by atoms with Crippen LogP contribution in [0.3, 0.4) is 0 Å². The molecule has 0 saturated heterocycles. The van der Waals surface area contributed by atoms with Gasteiger partial charge in [-0.2, -0.15) is 0 Å². The van der Waals surface area contributed by atoms with Gasteiger partial charge in [-0.3, -0.25) is 9.59 Å². The van der Waals surface area contributed by atoms with E-state index in [-0.39, 0.29) is 12.5 Å². The fraction of sp³-hybridized carbons (Fsp3) is 0.412. The SMILES string of the molecule is O=C(O)C1CC=CCC1C(=O)N[C@@H](CO)Cc1ccccc1. The summed E-state index contributed by atoms with van der Waals surface area (Å²) in [4.78, 5) is 23.6. The van der Waals surface area contributed by atoms with E-state index >= 15 is 0 Å². The third kappa shape index (κ3) is 4.18. The maximum absolute atomic E-state index is 12.4. The molecule has 0 saturated carbocycles. The van der Waals surface area contributed by atoms with E-state index in [1.165, 1.54) is 0 Å². The zero-order valence-electron chi connectivity index (χ0n) is 12.3. The second-order valence-electron chi connectivity index (χ2n) is 5.57. The number of carboxylic acids is 1. The summed E-state index contributed by atoms with van der Waals surface area (Å²) in [6.07, 6.45) is 4.95. The van der Waals surface area contributed by atoms with E-state index in [2.05, 4.69) is 5.32 Å². The first-order chi connectivity index (χ1) is 10.6. The van der Waals surface area contributed by atoms with Crippen LogP contribution in [0.15, 0.2) is 42.5 Å². The number of carbonyl (C=O) groups excluding carboxylic acids is 1. The number of benzene rings is 1. The van der Waals surface area contributed by atoms with Crippen LogP contribution in [0, 0.1) is 11.8 Å². The van der Waals surface area contributed by atoms with Crippen LogP contribution in [0.25, 0.3) is 0 Å². The molecule has 3 N–H and O–H groups in total. The van der Waals surface area contributed by atoms with Crippen molar-refractivity contribution in [1.29, 1.82) is 0 Å². The van der Waals surface area contributed by atoms with Crippen molar-refractivity contribution in [3.05, 3.63) is 48.0 Å². The van der Waals surface area contributed by atoms with Gasteiger partial charge in [0.25, 0.3) is 0 Å². The van der Waals surface area contributed by atoms with Crippen molar-refractivity contribution in [3.63, 3.8) is 0 Å². The second kappa shape index (κ2) is 7.75. The molecular weight excluding hydrogens is 282 g/mol. The predicted octanol–water partition coefficient (Wildman–Crippen LogP) is 1.37. The summed E-state index contributed by atoms with van der Waals surface area (Å²) in [7, 11) is 0.